The van der Waals surface area contributed by atoms with Gasteiger partial charge in [-0.15, -0.1) is 0 Å². The van der Waals surface area contributed by atoms with Crippen LogP contribution in [0.25, 0.3) is 0 Å². The molecular weight excluding hydrogens is 271 g/mol. The Hall–Kier alpha value is -0.620. The van der Waals surface area contributed by atoms with Gasteiger partial charge in [0.25, 0.3) is 0 Å². The number of hydrazine groups is 1. The van der Waals surface area contributed by atoms with Gasteiger partial charge in [-0.05, 0) is 17.7 Å². The maximum atomic E-state index is 11.5. The Kier molecular flexibility index (Phi) is 5.21. The summed E-state index contributed by atoms with van der Waals surface area (Å²) in [7, 11) is -1.34. The van der Waals surface area contributed by atoms with Crippen molar-refractivity contribution in [1.82, 2.24) is 5.43 Å². The van der Waals surface area contributed by atoms with Crippen LogP contribution >= 0.6 is 23.2 Å². The first-order valence-electron chi connectivity index (χ1n) is 4.31. The van der Waals surface area contributed by atoms with Crippen molar-refractivity contribution in [1.29, 1.82) is 0 Å². The zero-order valence-electron chi connectivity index (χ0n) is 8.20. The van der Waals surface area contributed by atoms with E-state index in [1.54, 1.807) is 18.2 Å². The van der Waals surface area contributed by atoms with Gasteiger partial charge in [-0.1, -0.05) is 29.3 Å². The van der Waals surface area contributed by atoms with Crippen molar-refractivity contribution in [3.63, 3.8) is 0 Å². The molecule has 0 radical (unpaired) electrons. The third-order valence-corrected chi connectivity index (χ3v) is 3.59. The summed E-state index contributed by atoms with van der Waals surface area (Å²) in [4.78, 5) is 10.9. The lowest BCUT2D eigenvalue weighted by Gasteiger charge is -2.04. The van der Waals surface area contributed by atoms with Crippen LogP contribution in [0.2, 0.25) is 10.0 Å². The molecule has 0 saturated carbocycles. The molecule has 0 aliphatic carbocycles. The second-order valence-corrected chi connectivity index (χ2v) is 5.33. The van der Waals surface area contributed by atoms with Crippen LogP contribution in [0.3, 0.4) is 0 Å². The fourth-order valence-electron chi connectivity index (χ4n) is 1.05. The summed E-state index contributed by atoms with van der Waals surface area (Å²) in [6.07, 6.45) is 0. The van der Waals surface area contributed by atoms with Gasteiger partial charge < -0.3 is 0 Å². The van der Waals surface area contributed by atoms with E-state index in [-0.39, 0.29) is 11.5 Å². The van der Waals surface area contributed by atoms with Gasteiger partial charge in [0.1, 0.15) is 5.75 Å². The number of carbonyl (C=O) groups is 1. The molecule has 16 heavy (non-hydrogen) atoms. The number of hydrogen-bond donors (Lipinski definition) is 2. The molecule has 0 bridgehead atoms. The van der Waals surface area contributed by atoms with Crippen molar-refractivity contribution in [2.45, 2.75) is 5.75 Å². The molecule has 4 nitrogen and oxygen atoms in total. The smallest absolute Gasteiger partial charge is 0.246 e. The lowest BCUT2D eigenvalue weighted by molar-refractivity contribution is -0.118. The molecule has 7 heteroatoms. The van der Waals surface area contributed by atoms with Gasteiger partial charge in [-0.3, -0.25) is 14.4 Å². The minimum Gasteiger partial charge on any atom is -0.293 e. The summed E-state index contributed by atoms with van der Waals surface area (Å²) in [5.41, 5.74) is 2.61. The van der Waals surface area contributed by atoms with Gasteiger partial charge in [-0.2, -0.15) is 0 Å². The van der Waals surface area contributed by atoms with Gasteiger partial charge in [0.15, 0.2) is 0 Å². The first-order valence-corrected chi connectivity index (χ1v) is 6.55. The predicted molar refractivity (Wildman–Crippen MR) is 65.5 cm³/mol. The lowest BCUT2D eigenvalue weighted by atomic mass is 10.2. The number of amides is 1. The first kappa shape index (κ1) is 13.4. The van der Waals surface area contributed by atoms with E-state index in [0.29, 0.717) is 15.6 Å². The molecule has 1 amide bonds. The molecule has 0 aliphatic rings. The molecule has 1 aromatic rings. The monoisotopic (exact) mass is 280 g/mol. The summed E-state index contributed by atoms with van der Waals surface area (Å²) < 4.78 is 11.5. The molecule has 88 valence electrons. The van der Waals surface area contributed by atoms with Crippen molar-refractivity contribution < 1.29 is 9.00 Å². The number of halogens is 2. The summed E-state index contributed by atoms with van der Waals surface area (Å²) >= 11 is 11.6. The summed E-state index contributed by atoms with van der Waals surface area (Å²) in [6, 6.07) is 4.91. The number of nitrogens with two attached hydrogens (primary N) is 1. The maximum Gasteiger partial charge on any atom is 0.246 e. The lowest BCUT2D eigenvalue weighted by Crippen LogP contribution is -2.34. The summed E-state index contributed by atoms with van der Waals surface area (Å²) in [5, 5.41) is 0.952. The molecule has 1 aromatic carbocycles. The number of hydrogen-bond acceptors (Lipinski definition) is 3. The molecular formula is C9H10Cl2N2O2S. The second-order valence-electron chi connectivity index (χ2n) is 3.03. The Morgan fingerprint density at radius 1 is 1.44 bits per heavy atom. The Morgan fingerprint density at radius 2 is 2.12 bits per heavy atom. The van der Waals surface area contributed by atoms with E-state index in [2.05, 4.69) is 0 Å². The highest BCUT2D eigenvalue weighted by molar-refractivity contribution is 7.84. The largest absolute Gasteiger partial charge is 0.293 e. The van der Waals surface area contributed by atoms with E-state index in [1.807, 2.05) is 5.43 Å². The van der Waals surface area contributed by atoms with E-state index in [0.717, 1.165) is 0 Å². The Labute approximate surface area is 106 Å². The van der Waals surface area contributed by atoms with Crippen molar-refractivity contribution >= 4 is 39.9 Å². The van der Waals surface area contributed by atoms with Crippen LogP contribution in [0.15, 0.2) is 18.2 Å². The summed E-state index contributed by atoms with van der Waals surface area (Å²) in [5.74, 6) is 4.47. The fraction of sp³-hybridized carbons (Fsp3) is 0.222. The zero-order chi connectivity index (χ0) is 12.1. The quantitative estimate of drug-likeness (QED) is 0.495. The average molecular weight is 281 g/mol. The molecule has 1 unspecified atom stereocenters. The molecule has 3 N–H and O–H groups in total. The van der Waals surface area contributed by atoms with E-state index < -0.39 is 16.7 Å². The second kappa shape index (κ2) is 6.20. The zero-order valence-corrected chi connectivity index (χ0v) is 10.5. The molecule has 0 spiro atoms. The normalized spacial score (nSPS) is 12.2. The van der Waals surface area contributed by atoms with Crippen molar-refractivity contribution in [3.05, 3.63) is 33.8 Å². The van der Waals surface area contributed by atoms with Crippen LogP contribution in [0, 0.1) is 0 Å². The van der Waals surface area contributed by atoms with Gasteiger partial charge in [0.05, 0.1) is 5.75 Å². The van der Waals surface area contributed by atoms with Crippen molar-refractivity contribution in [2.75, 3.05) is 5.75 Å². The minimum atomic E-state index is -1.34. The molecule has 0 aromatic heterocycles. The Morgan fingerprint density at radius 3 is 2.69 bits per heavy atom. The average Bonchev–Trinajstić information content (AvgIpc) is 2.22. The highest BCUT2D eigenvalue weighted by atomic mass is 35.5. The third-order valence-electron chi connectivity index (χ3n) is 1.78. The molecule has 1 rings (SSSR count). The third kappa shape index (κ3) is 4.09. The highest BCUT2D eigenvalue weighted by Gasteiger charge is 2.09. The standard InChI is InChI=1S/C9H10Cl2N2O2S/c10-7-2-1-6(8(11)3-7)4-16(15)5-9(14)13-12/h1-3H,4-5,12H2,(H,13,14). The Bertz CT molecular complexity index is 426. The highest BCUT2D eigenvalue weighted by Crippen LogP contribution is 2.22. The number of rotatable bonds is 4. The predicted octanol–water partition coefficient (Wildman–Crippen LogP) is 1.23. The minimum absolute atomic E-state index is 0.143. The topological polar surface area (TPSA) is 72.2 Å². The molecule has 0 aliphatic heterocycles. The van der Waals surface area contributed by atoms with E-state index in [1.165, 1.54) is 0 Å². The van der Waals surface area contributed by atoms with Gasteiger partial charge in [0.2, 0.25) is 5.91 Å². The van der Waals surface area contributed by atoms with Crippen molar-refractivity contribution in [3.8, 4) is 0 Å². The van der Waals surface area contributed by atoms with E-state index >= 15 is 0 Å². The van der Waals surface area contributed by atoms with Crippen LogP contribution in [0.1, 0.15) is 5.56 Å². The SMILES string of the molecule is NNC(=O)CS(=O)Cc1ccc(Cl)cc1Cl. The van der Waals surface area contributed by atoms with Crippen LogP contribution in [0.4, 0.5) is 0 Å². The van der Waals surface area contributed by atoms with Crippen LogP contribution < -0.4 is 11.3 Å². The van der Waals surface area contributed by atoms with Gasteiger partial charge in [0, 0.05) is 20.8 Å². The Balaban J connectivity index is 2.66. The van der Waals surface area contributed by atoms with E-state index in [9.17, 15) is 9.00 Å². The van der Waals surface area contributed by atoms with Gasteiger partial charge in [-0.25, -0.2) is 5.84 Å². The maximum absolute atomic E-state index is 11.5. The molecule has 0 fully saturated rings. The summed E-state index contributed by atoms with van der Waals surface area (Å²) in [6.45, 7) is 0. The molecule has 0 heterocycles. The first-order chi connectivity index (χ1) is 7.52. The molecule has 1 atom stereocenters. The molecule has 0 saturated heterocycles. The van der Waals surface area contributed by atoms with E-state index in [4.69, 9.17) is 29.0 Å². The fourth-order valence-corrected chi connectivity index (χ4v) is 2.68. The van der Waals surface area contributed by atoms with Crippen molar-refractivity contribution in [2.24, 2.45) is 5.84 Å². The van der Waals surface area contributed by atoms with Gasteiger partial charge >= 0.3 is 0 Å². The van der Waals surface area contributed by atoms with Crippen LogP contribution in [0.5, 0.6) is 0 Å². The number of carbonyl (C=O) groups excluding carboxylic acids is 1. The number of nitrogens with one attached hydrogen (secondary N) is 1. The number of benzene rings is 1. The van der Waals surface area contributed by atoms with Crippen LogP contribution in [-0.2, 0) is 21.3 Å². The van der Waals surface area contributed by atoms with Crippen LogP contribution in [-0.4, -0.2) is 15.9 Å².